The van der Waals surface area contributed by atoms with E-state index < -0.39 is 0 Å². The zero-order valence-corrected chi connectivity index (χ0v) is 14.9. The number of carbonyl (C=O) groups excluding carboxylic acids is 1. The highest BCUT2D eigenvalue weighted by molar-refractivity contribution is 5.70. The van der Waals surface area contributed by atoms with Gasteiger partial charge in [-0.2, -0.15) is 0 Å². The van der Waals surface area contributed by atoms with Gasteiger partial charge in [-0.05, 0) is 78.9 Å². The molecule has 4 nitrogen and oxygen atoms in total. The molecule has 2 rings (SSSR count). The Morgan fingerprint density at radius 2 is 1.73 bits per heavy atom. The lowest BCUT2D eigenvalue weighted by Gasteiger charge is -2.36. The molecule has 0 aromatic heterocycles. The molecule has 0 spiro atoms. The predicted molar refractivity (Wildman–Crippen MR) is 89.9 cm³/mol. The van der Waals surface area contributed by atoms with Gasteiger partial charge in [0.25, 0.3) is 0 Å². The molecular weight excluding hydrogens is 276 g/mol. The first-order valence-electron chi connectivity index (χ1n) is 8.98. The lowest BCUT2D eigenvalue weighted by atomic mass is 9.83. The van der Waals surface area contributed by atoms with E-state index in [1.807, 2.05) is 20.8 Å². The van der Waals surface area contributed by atoms with Crippen molar-refractivity contribution in [1.29, 1.82) is 0 Å². The second-order valence-corrected chi connectivity index (χ2v) is 8.16. The van der Waals surface area contributed by atoms with Crippen molar-refractivity contribution in [3.05, 3.63) is 0 Å². The van der Waals surface area contributed by atoms with Crippen LogP contribution in [0.1, 0.15) is 59.3 Å². The minimum absolute atomic E-state index is 0.0210. The van der Waals surface area contributed by atoms with Crippen LogP contribution in [-0.2, 0) is 9.53 Å². The van der Waals surface area contributed by atoms with Crippen LogP contribution in [0.5, 0.6) is 0 Å². The molecule has 2 aliphatic rings. The normalized spacial score (nSPS) is 29.1. The number of rotatable bonds is 3. The Labute approximate surface area is 136 Å². The molecule has 0 aromatic carbocycles. The van der Waals surface area contributed by atoms with E-state index >= 15 is 0 Å². The van der Waals surface area contributed by atoms with Gasteiger partial charge in [0.2, 0.25) is 0 Å². The second kappa shape index (κ2) is 7.78. The highest BCUT2D eigenvalue weighted by Crippen LogP contribution is 2.30. The first-order valence-corrected chi connectivity index (χ1v) is 8.98. The summed E-state index contributed by atoms with van der Waals surface area (Å²) < 4.78 is 5.46. The number of ether oxygens (including phenoxy) is 1. The summed E-state index contributed by atoms with van der Waals surface area (Å²) in [5.74, 6) is 0.507. The SMILES string of the molecule is CN1CCCN(C2CCC(CC(=O)OC(C)(C)C)CC2)CC1. The monoisotopic (exact) mass is 310 g/mol. The van der Waals surface area contributed by atoms with Crippen LogP contribution < -0.4 is 0 Å². The molecular formula is C18H34N2O2. The van der Waals surface area contributed by atoms with E-state index in [2.05, 4.69) is 16.8 Å². The summed E-state index contributed by atoms with van der Waals surface area (Å²) in [7, 11) is 2.22. The summed E-state index contributed by atoms with van der Waals surface area (Å²) >= 11 is 0. The molecule has 1 aliphatic carbocycles. The third-order valence-electron chi connectivity index (χ3n) is 4.96. The van der Waals surface area contributed by atoms with Crippen molar-refractivity contribution < 1.29 is 9.53 Å². The Bertz CT molecular complexity index is 357. The summed E-state index contributed by atoms with van der Waals surface area (Å²) in [5.41, 5.74) is -0.355. The fourth-order valence-electron chi connectivity index (χ4n) is 3.76. The Morgan fingerprint density at radius 3 is 2.36 bits per heavy atom. The maximum atomic E-state index is 12.0. The molecule has 2 fully saturated rings. The average Bonchev–Trinajstić information content (AvgIpc) is 2.62. The molecule has 0 amide bonds. The van der Waals surface area contributed by atoms with Crippen molar-refractivity contribution in [3.63, 3.8) is 0 Å². The zero-order valence-electron chi connectivity index (χ0n) is 14.9. The summed E-state index contributed by atoms with van der Waals surface area (Å²) in [6.07, 6.45) is 6.74. The second-order valence-electron chi connectivity index (χ2n) is 8.16. The number of likely N-dealkylation sites (N-methyl/N-ethyl adjacent to an activating group) is 1. The minimum Gasteiger partial charge on any atom is -0.460 e. The fraction of sp³-hybridized carbons (Fsp3) is 0.944. The Morgan fingerprint density at radius 1 is 1.05 bits per heavy atom. The predicted octanol–water partition coefficient (Wildman–Crippen LogP) is 2.91. The lowest BCUT2D eigenvalue weighted by Crippen LogP contribution is -2.40. The molecule has 1 aliphatic heterocycles. The van der Waals surface area contributed by atoms with Gasteiger partial charge in [0.05, 0.1) is 0 Å². The van der Waals surface area contributed by atoms with Crippen LogP contribution in [0.3, 0.4) is 0 Å². The van der Waals surface area contributed by atoms with E-state index in [1.165, 1.54) is 58.3 Å². The van der Waals surface area contributed by atoms with E-state index in [0.29, 0.717) is 12.3 Å². The van der Waals surface area contributed by atoms with Gasteiger partial charge >= 0.3 is 5.97 Å². The molecule has 0 unspecified atom stereocenters. The van der Waals surface area contributed by atoms with Crippen molar-refractivity contribution in [3.8, 4) is 0 Å². The van der Waals surface area contributed by atoms with Crippen molar-refractivity contribution in [1.82, 2.24) is 9.80 Å². The Kier molecular flexibility index (Phi) is 6.27. The molecule has 0 bridgehead atoms. The largest absolute Gasteiger partial charge is 0.460 e. The van der Waals surface area contributed by atoms with Gasteiger partial charge < -0.3 is 9.64 Å². The highest BCUT2D eigenvalue weighted by atomic mass is 16.6. The van der Waals surface area contributed by atoms with Crippen molar-refractivity contribution >= 4 is 5.97 Å². The first-order chi connectivity index (χ1) is 10.3. The minimum atomic E-state index is -0.355. The third kappa shape index (κ3) is 5.88. The van der Waals surface area contributed by atoms with E-state index in [4.69, 9.17) is 4.74 Å². The van der Waals surface area contributed by atoms with Gasteiger partial charge in [-0.1, -0.05) is 0 Å². The van der Waals surface area contributed by atoms with E-state index in [0.717, 1.165) is 6.04 Å². The summed E-state index contributed by atoms with van der Waals surface area (Å²) in [6.45, 7) is 10.7. The lowest BCUT2D eigenvalue weighted by molar-refractivity contribution is -0.156. The van der Waals surface area contributed by atoms with Gasteiger partial charge in [-0.15, -0.1) is 0 Å². The standard InChI is InChI=1S/C18H34N2O2/c1-18(2,3)22-17(21)14-15-6-8-16(9-7-15)20-11-5-10-19(4)12-13-20/h15-16H,5-14H2,1-4H3. The summed E-state index contributed by atoms with van der Waals surface area (Å²) in [5, 5.41) is 0. The molecule has 0 radical (unpaired) electrons. The van der Waals surface area contributed by atoms with Gasteiger partial charge in [-0.25, -0.2) is 0 Å². The van der Waals surface area contributed by atoms with Crippen molar-refractivity contribution in [2.24, 2.45) is 5.92 Å². The number of nitrogens with zero attached hydrogens (tertiary/aromatic N) is 2. The number of hydrogen-bond donors (Lipinski definition) is 0. The smallest absolute Gasteiger partial charge is 0.306 e. The molecule has 1 saturated carbocycles. The summed E-state index contributed by atoms with van der Waals surface area (Å²) in [4.78, 5) is 17.1. The zero-order chi connectivity index (χ0) is 16.2. The maximum absolute atomic E-state index is 12.0. The van der Waals surface area contributed by atoms with Crippen LogP contribution in [0.25, 0.3) is 0 Å². The maximum Gasteiger partial charge on any atom is 0.306 e. The number of carbonyl (C=O) groups is 1. The molecule has 1 heterocycles. The van der Waals surface area contributed by atoms with Gasteiger partial charge in [0.15, 0.2) is 0 Å². The highest BCUT2D eigenvalue weighted by Gasteiger charge is 2.29. The topological polar surface area (TPSA) is 32.8 Å². The van der Waals surface area contributed by atoms with E-state index in [9.17, 15) is 4.79 Å². The Balaban J connectivity index is 1.72. The molecule has 0 atom stereocenters. The van der Waals surface area contributed by atoms with Crippen LogP contribution in [0.15, 0.2) is 0 Å². The summed E-state index contributed by atoms with van der Waals surface area (Å²) in [6, 6.07) is 0.737. The van der Waals surface area contributed by atoms with Crippen molar-refractivity contribution in [2.45, 2.75) is 70.9 Å². The fourth-order valence-corrected chi connectivity index (χ4v) is 3.76. The molecule has 4 heteroatoms. The van der Waals surface area contributed by atoms with E-state index in [-0.39, 0.29) is 11.6 Å². The van der Waals surface area contributed by atoms with Crippen LogP contribution in [0.2, 0.25) is 0 Å². The third-order valence-corrected chi connectivity index (χ3v) is 4.96. The first kappa shape index (κ1) is 17.7. The molecule has 22 heavy (non-hydrogen) atoms. The quantitative estimate of drug-likeness (QED) is 0.750. The molecule has 0 N–H and O–H groups in total. The molecule has 0 aromatic rings. The number of esters is 1. The van der Waals surface area contributed by atoms with Gasteiger partial charge in [0, 0.05) is 25.6 Å². The Hall–Kier alpha value is -0.610. The average molecular weight is 310 g/mol. The van der Waals surface area contributed by atoms with Gasteiger partial charge in [0.1, 0.15) is 5.60 Å². The van der Waals surface area contributed by atoms with Crippen LogP contribution in [0.4, 0.5) is 0 Å². The van der Waals surface area contributed by atoms with Crippen molar-refractivity contribution in [2.75, 3.05) is 33.2 Å². The van der Waals surface area contributed by atoms with Crippen LogP contribution in [-0.4, -0.2) is 60.6 Å². The number of hydrogen-bond acceptors (Lipinski definition) is 4. The molecule has 1 saturated heterocycles. The van der Waals surface area contributed by atoms with Gasteiger partial charge in [-0.3, -0.25) is 9.69 Å². The molecule has 128 valence electrons. The van der Waals surface area contributed by atoms with E-state index in [1.54, 1.807) is 0 Å². The van der Waals surface area contributed by atoms with Crippen LogP contribution in [0, 0.1) is 5.92 Å². The van der Waals surface area contributed by atoms with Crippen LogP contribution >= 0.6 is 0 Å².